The third kappa shape index (κ3) is 14.7. The first kappa shape index (κ1) is 47.4. The van der Waals surface area contributed by atoms with Gasteiger partial charge in [0.1, 0.15) is 12.2 Å². The standard InChI is InChI=1S/C39H60F3N3O7S.C2H6/c1-37(2,49-8)28-52-38(3,4)36(48-7)27-51-26-31(47-6)25-50-24-30(46-5)23-44-20-18-43(19-21-44)16-11-17-45-32-12-9-10-13-34(32)53-35-15-14-29(22-33(35)45)39(40,41)42;1-2/h9-10,12-15,22,30-31,36H,11,16-21,23-28H2,1-8H3;1-2H3. The second-order valence-corrected chi connectivity index (χ2v) is 15.9. The Morgan fingerprint density at radius 2 is 1.31 bits per heavy atom. The molecule has 3 unspecified atom stereocenters. The Morgan fingerprint density at radius 3 is 1.93 bits per heavy atom. The van der Waals surface area contributed by atoms with E-state index in [0.29, 0.717) is 45.3 Å². The molecule has 2 aromatic carbocycles. The number of piperazine rings is 1. The predicted molar refractivity (Wildman–Crippen MR) is 213 cm³/mol. The number of nitrogens with zero attached hydrogens (tertiary/aromatic N) is 3. The molecule has 0 saturated carbocycles. The van der Waals surface area contributed by atoms with Crippen molar-refractivity contribution in [3.63, 3.8) is 0 Å². The predicted octanol–water partition coefficient (Wildman–Crippen LogP) is 7.64. The lowest BCUT2D eigenvalue weighted by Gasteiger charge is -2.37. The Bertz CT molecular complexity index is 1400. The molecule has 14 heteroatoms. The van der Waals surface area contributed by atoms with Gasteiger partial charge in [0.25, 0.3) is 0 Å². The zero-order valence-corrected chi connectivity index (χ0v) is 35.5. The van der Waals surface area contributed by atoms with Crippen LogP contribution in [-0.2, 0) is 39.3 Å². The first-order valence-corrected chi connectivity index (χ1v) is 20.1. The van der Waals surface area contributed by atoms with E-state index in [9.17, 15) is 13.2 Å². The minimum absolute atomic E-state index is 0.0918. The van der Waals surface area contributed by atoms with Crippen molar-refractivity contribution in [3.8, 4) is 0 Å². The molecule has 0 aromatic heterocycles. The molecule has 10 nitrogen and oxygen atoms in total. The van der Waals surface area contributed by atoms with Crippen LogP contribution in [0.2, 0.25) is 0 Å². The molecule has 0 radical (unpaired) electrons. The summed E-state index contributed by atoms with van der Waals surface area (Å²) >= 11 is 1.52. The molecule has 0 bridgehead atoms. The Hall–Kier alpha value is -1.98. The van der Waals surface area contributed by atoms with Crippen LogP contribution in [0.25, 0.3) is 0 Å². The fourth-order valence-corrected chi connectivity index (χ4v) is 7.34. The Labute approximate surface area is 332 Å². The van der Waals surface area contributed by atoms with Crippen molar-refractivity contribution >= 4 is 23.1 Å². The van der Waals surface area contributed by atoms with Crippen LogP contribution in [-0.4, -0.2) is 147 Å². The molecule has 2 aromatic rings. The number of anilines is 2. The van der Waals surface area contributed by atoms with Crippen LogP contribution in [0.4, 0.5) is 24.5 Å². The first-order valence-electron chi connectivity index (χ1n) is 19.3. The summed E-state index contributed by atoms with van der Waals surface area (Å²) in [5, 5.41) is 0. The maximum absolute atomic E-state index is 13.6. The summed E-state index contributed by atoms with van der Waals surface area (Å²) < 4.78 is 81.5. The van der Waals surface area contributed by atoms with E-state index in [0.717, 1.165) is 61.2 Å². The molecular formula is C41H66F3N3O7S. The zero-order chi connectivity index (χ0) is 40.6. The molecule has 55 heavy (non-hydrogen) atoms. The van der Waals surface area contributed by atoms with E-state index in [1.54, 1.807) is 34.5 Å². The van der Waals surface area contributed by atoms with E-state index in [1.165, 1.54) is 23.9 Å². The van der Waals surface area contributed by atoms with Crippen LogP contribution >= 0.6 is 11.8 Å². The number of para-hydroxylation sites is 1. The van der Waals surface area contributed by atoms with Crippen LogP contribution in [0.1, 0.15) is 53.5 Å². The molecule has 2 aliphatic rings. The number of alkyl halides is 3. The highest BCUT2D eigenvalue weighted by Gasteiger charge is 2.35. The number of methoxy groups -OCH3 is 4. The van der Waals surface area contributed by atoms with Gasteiger partial charge in [-0.15, -0.1) is 0 Å². The van der Waals surface area contributed by atoms with Gasteiger partial charge in [-0.25, -0.2) is 0 Å². The van der Waals surface area contributed by atoms with Gasteiger partial charge in [-0.05, 0) is 71.0 Å². The highest BCUT2D eigenvalue weighted by atomic mass is 32.2. The third-order valence-electron chi connectivity index (χ3n) is 9.99. The number of ether oxygens (including phenoxy) is 7. The molecule has 1 fully saturated rings. The molecule has 4 rings (SSSR count). The van der Waals surface area contributed by atoms with E-state index >= 15 is 0 Å². The summed E-state index contributed by atoms with van der Waals surface area (Å²) in [6, 6.07) is 12.0. The van der Waals surface area contributed by atoms with Crippen LogP contribution in [0.3, 0.4) is 0 Å². The van der Waals surface area contributed by atoms with Crippen molar-refractivity contribution in [2.24, 2.45) is 0 Å². The summed E-state index contributed by atoms with van der Waals surface area (Å²) in [4.78, 5) is 8.77. The van der Waals surface area contributed by atoms with E-state index < -0.39 is 22.9 Å². The molecule has 0 amide bonds. The van der Waals surface area contributed by atoms with Crippen molar-refractivity contribution in [3.05, 3.63) is 48.0 Å². The van der Waals surface area contributed by atoms with Gasteiger partial charge in [-0.1, -0.05) is 37.7 Å². The van der Waals surface area contributed by atoms with Crippen molar-refractivity contribution < 1.29 is 46.3 Å². The molecule has 2 aliphatic heterocycles. The van der Waals surface area contributed by atoms with Crippen molar-refractivity contribution in [1.82, 2.24) is 9.80 Å². The second-order valence-electron chi connectivity index (χ2n) is 14.8. The largest absolute Gasteiger partial charge is 0.416 e. The van der Waals surface area contributed by atoms with Gasteiger partial charge in [-0.2, -0.15) is 13.2 Å². The van der Waals surface area contributed by atoms with Gasteiger partial charge in [0, 0.05) is 77.5 Å². The molecular weight excluding hydrogens is 736 g/mol. The third-order valence-corrected chi connectivity index (χ3v) is 11.1. The average molecular weight is 802 g/mol. The van der Waals surface area contributed by atoms with Crippen LogP contribution in [0.15, 0.2) is 52.3 Å². The van der Waals surface area contributed by atoms with Gasteiger partial charge in [0.2, 0.25) is 0 Å². The normalized spacial score (nSPS) is 17.2. The fourth-order valence-electron chi connectivity index (χ4n) is 6.26. The van der Waals surface area contributed by atoms with Crippen molar-refractivity contribution in [2.75, 3.05) is 112 Å². The zero-order valence-electron chi connectivity index (χ0n) is 34.7. The quantitative estimate of drug-likeness (QED) is 0.118. The summed E-state index contributed by atoms with van der Waals surface area (Å²) in [7, 11) is 6.67. The van der Waals surface area contributed by atoms with Gasteiger partial charge >= 0.3 is 6.18 Å². The maximum Gasteiger partial charge on any atom is 0.416 e. The highest BCUT2D eigenvalue weighted by molar-refractivity contribution is 7.99. The Morgan fingerprint density at radius 1 is 0.709 bits per heavy atom. The molecule has 1 saturated heterocycles. The number of fused-ring (bicyclic) bond motifs is 2. The van der Waals surface area contributed by atoms with E-state index in [2.05, 4.69) is 14.7 Å². The summed E-state index contributed by atoms with van der Waals surface area (Å²) in [5.41, 5.74) is -0.0265. The number of rotatable bonds is 22. The lowest BCUT2D eigenvalue weighted by atomic mass is 10.0. The summed E-state index contributed by atoms with van der Waals surface area (Å²) in [5.74, 6) is 0. The molecule has 0 spiro atoms. The molecule has 2 heterocycles. The molecule has 3 atom stereocenters. The summed E-state index contributed by atoms with van der Waals surface area (Å²) in [6.45, 7) is 19.7. The van der Waals surface area contributed by atoms with Gasteiger partial charge < -0.3 is 43.0 Å². The highest BCUT2D eigenvalue weighted by Crippen LogP contribution is 2.49. The number of halogens is 3. The van der Waals surface area contributed by atoms with Crippen LogP contribution in [0, 0.1) is 0 Å². The maximum atomic E-state index is 13.6. The number of hydrogen-bond acceptors (Lipinski definition) is 11. The lowest BCUT2D eigenvalue weighted by molar-refractivity contribution is -0.172. The average Bonchev–Trinajstić information content (AvgIpc) is 3.18. The Balaban J connectivity index is 0.00000399. The molecule has 0 aliphatic carbocycles. The van der Waals surface area contributed by atoms with E-state index in [-0.39, 0.29) is 18.3 Å². The number of benzene rings is 2. The van der Waals surface area contributed by atoms with Crippen molar-refractivity contribution in [1.29, 1.82) is 0 Å². The van der Waals surface area contributed by atoms with E-state index in [4.69, 9.17) is 33.2 Å². The van der Waals surface area contributed by atoms with Gasteiger partial charge in [-0.3, -0.25) is 4.90 Å². The lowest BCUT2D eigenvalue weighted by Crippen LogP contribution is -2.49. The number of hydrogen-bond donors (Lipinski definition) is 0. The SMILES string of the molecule is CC.COC(COCC(CN1CCN(CCCN2c3ccccc3Sc3ccc(C(F)(F)F)cc32)CC1)OC)COCC(OC)C(C)(C)OCC(C)(C)OC. The first-order chi connectivity index (χ1) is 26.2. The monoisotopic (exact) mass is 801 g/mol. The molecule has 314 valence electrons. The smallest absolute Gasteiger partial charge is 0.378 e. The Kier molecular flexibility index (Phi) is 19.7. The summed E-state index contributed by atoms with van der Waals surface area (Å²) in [6.07, 6.45) is -4.18. The molecule has 0 N–H and O–H groups in total. The minimum Gasteiger partial charge on any atom is -0.378 e. The minimum atomic E-state index is -4.39. The van der Waals surface area contributed by atoms with Crippen LogP contribution in [0.5, 0.6) is 0 Å². The second kappa shape index (κ2) is 22.8. The van der Waals surface area contributed by atoms with Gasteiger partial charge in [0.05, 0.1) is 67.3 Å². The topological polar surface area (TPSA) is 74.3 Å². The van der Waals surface area contributed by atoms with E-state index in [1.807, 2.05) is 65.8 Å². The van der Waals surface area contributed by atoms with Crippen molar-refractivity contribution in [2.45, 2.75) is 93.4 Å². The van der Waals surface area contributed by atoms with Crippen LogP contribution < -0.4 is 4.90 Å². The fraction of sp³-hybridized carbons (Fsp3) is 0.707. The van der Waals surface area contributed by atoms with Gasteiger partial charge in [0.15, 0.2) is 0 Å².